The molecule has 2 aromatic rings. The molecule has 26 heavy (non-hydrogen) atoms. The highest BCUT2D eigenvalue weighted by Crippen LogP contribution is 2.21. The first-order valence-electron chi connectivity index (χ1n) is 9.22. The molecular weight excluding hydrogens is 330 g/mol. The number of hydrogen-bond donors (Lipinski definition) is 3. The number of nitrogens with one attached hydrogen (secondary N) is 2. The Balaban J connectivity index is 1.60. The molecule has 1 aliphatic heterocycles. The summed E-state index contributed by atoms with van der Waals surface area (Å²) >= 11 is 0. The maximum absolute atomic E-state index is 12.6. The first-order chi connectivity index (χ1) is 12.6. The number of aromatic nitrogens is 3. The Labute approximate surface area is 153 Å². The van der Waals surface area contributed by atoms with Gasteiger partial charge in [-0.3, -0.25) is 4.79 Å². The molecule has 1 saturated heterocycles. The number of carbonyl (C=O) groups is 1. The SMILES string of the molecule is Cc1c(C(=O)NC(C)CC(O)c2ccccc2)nnn1C1CCNCC1. The lowest BCUT2D eigenvalue weighted by Crippen LogP contribution is -2.34. The highest BCUT2D eigenvalue weighted by atomic mass is 16.3. The Bertz CT molecular complexity index is 725. The van der Waals surface area contributed by atoms with Gasteiger partial charge in [0.1, 0.15) is 0 Å². The van der Waals surface area contributed by atoms with E-state index in [4.69, 9.17) is 0 Å². The van der Waals surface area contributed by atoms with E-state index >= 15 is 0 Å². The molecular formula is C19H27N5O2. The number of piperidine rings is 1. The van der Waals surface area contributed by atoms with Gasteiger partial charge in [0.25, 0.3) is 5.91 Å². The van der Waals surface area contributed by atoms with Gasteiger partial charge in [-0.25, -0.2) is 4.68 Å². The van der Waals surface area contributed by atoms with Crippen LogP contribution in [-0.2, 0) is 0 Å². The number of aliphatic hydroxyl groups excluding tert-OH is 1. The standard InChI is InChI=1S/C19H27N5O2/c1-13(12-17(25)15-6-4-3-5-7-15)21-19(26)18-14(2)24(23-22-18)16-8-10-20-11-9-16/h3-7,13,16-17,20,25H,8-12H2,1-2H3,(H,21,26). The summed E-state index contributed by atoms with van der Waals surface area (Å²) in [6.45, 7) is 5.69. The van der Waals surface area contributed by atoms with Crippen LogP contribution in [0.15, 0.2) is 30.3 Å². The van der Waals surface area contributed by atoms with Crippen LogP contribution in [0.2, 0.25) is 0 Å². The molecule has 0 saturated carbocycles. The average molecular weight is 357 g/mol. The molecule has 0 aliphatic carbocycles. The van der Waals surface area contributed by atoms with E-state index in [0.29, 0.717) is 18.2 Å². The largest absolute Gasteiger partial charge is 0.388 e. The lowest BCUT2D eigenvalue weighted by molar-refractivity contribution is 0.0911. The van der Waals surface area contributed by atoms with Crippen LogP contribution in [0.4, 0.5) is 0 Å². The molecule has 2 atom stereocenters. The summed E-state index contributed by atoms with van der Waals surface area (Å²) in [5, 5.41) is 24.9. The third-order valence-electron chi connectivity index (χ3n) is 4.94. The molecule has 0 radical (unpaired) electrons. The maximum Gasteiger partial charge on any atom is 0.273 e. The summed E-state index contributed by atoms with van der Waals surface area (Å²) in [5.74, 6) is -0.240. The fourth-order valence-corrected chi connectivity index (χ4v) is 3.45. The second-order valence-corrected chi connectivity index (χ2v) is 6.99. The van der Waals surface area contributed by atoms with Gasteiger partial charge in [-0.2, -0.15) is 0 Å². The highest BCUT2D eigenvalue weighted by Gasteiger charge is 2.24. The zero-order valence-corrected chi connectivity index (χ0v) is 15.4. The zero-order chi connectivity index (χ0) is 18.5. The molecule has 7 heteroatoms. The van der Waals surface area contributed by atoms with E-state index in [1.165, 1.54) is 0 Å². The molecule has 1 aromatic heterocycles. The van der Waals surface area contributed by atoms with Crippen molar-refractivity contribution in [1.29, 1.82) is 0 Å². The second kappa shape index (κ2) is 8.42. The van der Waals surface area contributed by atoms with Gasteiger partial charge in [0.15, 0.2) is 5.69 Å². The van der Waals surface area contributed by atoms with Gasteiger partial charge >= 0.3 is 0 Å². The second-order valence-electron chi connectivity index (χ2n) is 6.99. The molecule has 0 bridgehead atoms. The first-order valence-corrected chi connectivity index (χ1v) is 9.22. The zero-order valence-electron chi connectivity index (χ0n) is 15.4. The Hall–Kier alpha value is -2.25. The summed E-state index contributed by atoms with van der Waals surface area (Å²) in [7, 11) is 0. The molecule has 1 aliphatic rings. The number of amides is 1. The lowest BCUT2D eigenvalue weighted by atomic mass is 10.0. The summed E-state index contributed by atoms with van der Waals surface area (Å²) in [5.41, 5.74) is 2.01. The van der Waals surface area contributed by atoms with Crippen molar-refractivity contribution in [2.75, 3.05) is 13.1 Å². The van der Waals surface area contributed by atoms with E-state index in [9.17, 15) is 9.90 Å². The van der Waals surface area contributed by atoms with E-state index in [2.05, 4.69) is 20.9 Å². The fourth-order valence-electron chi connectivity index (χ4n) is 3.45. The summed E-state index contributed by atoms with van der Waals surface area (Å²) < 4.78 is 1.87. The van der Waals surface area contributed by atoms with Crippen molar-refractivity contribution >= 4 is 5.91 Å². The Morgan fingerprint density at radius 2 is 2.04 bits per heavy atom. The van der Waals surface area contributed by atoms with Gasteiger partial charge in [0.2, 0.25) is 0 Å². The molecule has 3 rings (SSSR count). The van der Waals surface area contributed by atoms with E-state index in [1.807, 2.05) is 48.9 Å². The monoisotopic (exact) mass is 357 g/mol. The number of nitrogens with zero attached hydrogens (tertiary/aromatic N) is 3. The predicted octanol–water partition coefficient (Wildman–Crippen LogP) is 1.75. The molecule has 2 unspecified atom stereocenters. The van der Waals surface area contributed by atoms with Gasteiger partial charge in [-0.15, -0.1) is 5.10 Å². The van der Waals surface area contributed by atoms with Gasteiger partial charge in [-0.05, 0) is 51.8 Å². The van der Waals surface area contributed by atoms with Gasteiger partial charge in [0.05, 0.1) is 17.8 Å². The minimum atomic E-state index is -0.613. The first kappa shape index (κ1) is 18.5. The molecule has 0 spiro atoms. The van der Waals surface area contributed by atoms with Crippen molar-refractivity contribution in [2.45, 2.75) is 51.3 Å². The van der Waals surface area contributed by atoms with Crippen molar-refractivity contribution in [2.24, 2.45) is 0 Å². The number of hydrogen-bond acceptors (Lipinski definition) is 5. The lowest BCUT2D eigenvalue weighted by Gasteiger charge is -2.23. The van der Waals surface area contributed by atoms with E-state index in [0.717, 1.165) is 37.2 Å². The minimum absolute atomic E-state index is 0.180. The number of aliphatic hydroxyl groups is 1. The Morgan fingerprint density at radius 1 is 1.35 bits per heavy atom. The van der Waals surface area contributed by atoms with Crippen LogP contribution in [0.25, 0.3) is 0 Å². The van der Waals surface area contributed by atoms with Crippen molar-refractivity contribution < 1.29 is 9.90 Å². The predicted molar refractivity (Wildman–Crippen MR) is 98.8 cm³/mol. The summed E-state index contributed by atoms with van der Waals surface area (Å²) in [6.07, 6.45) is 1.81. The molecule has 140 valence electrons. The number of benzene rings is 1. The van der Waals surface area contributed by atoms with E-state index in [1.54, 1.807) is 0 Å². The van der Waals surface area contributed by atoms with Crippen molar-refractivity contribution in [1.82, 2.24) is 25.6 Å². The third-order valence-corrected chi connectivity index (χ3v) is 4.94. The van der Waals surface area contributed by atoms with Crippen molar-refractivity contribution in [3.05, 3.63) is 47.3 Å². The minimum Gasteiger partial charge on any atom is -0.388 e. The Kier molecular flexibility index (Phi) is 6.00. The topological polar surface area (TPSA) is 92.1 Å². The summed E-state index contributed by atoms with van der Waals surface area (Å²) in [6, 6.07) is 9.58. The van der Waals surface area contributed by atoms with Crippen LogP contribution in [0.5, 0.6) is 0 Å². The van der Waals surface area contributed by atoms with Crippen molar-refractivity contribution in [3.8, 4) is 0 Å². The van der Waals surface area contributed by atoms with Gasteiger partial charge in [0, 0.05) is 6.04 Å². The number of carbonyl (C=O) groups excluding carboxylic acids is 1. The van der Waals surface area contributed by atoms with Crippen LogP contribution in [0, 0.1) is 6.92 Å². The maximum atomic E-state index is 12.6. The van der Waals surface area contributed by atoms with Crippen molar-refractivity contribution in [3.63, 3.8) is 0 Å². The smallest absolute Gasteiger partial charge is 0.273 e. The van der Waals surface area contributed by atoms with Crippen LogP contribution in [0.1, 0.15) is 60.1 Å². The fraction of sp³-hybridized carbons (Fsp3) is 0.526. The van der Waals surface area contributed by atoms with Gasteiger partial charge < -0.3 is 15.7 Å². The molecule has 1 amide bonds. The number of rotatable bonds is 6. The van der Waals surface area contributed by atoms with Crippen LogP contribution in [-0.4, -0.2) is 45.1 Å². The van der Waals surface area contributed by atoms with Crippen LogP contribution in [0.3, 0.4) is 0 Å². The molecule has 1 aromatic carbocycles. The Morgan fingerprint density at radius 3 is 2.73 bits per heavy atom. The quantitative estimate of drug-likeness (QED) is 0.733. The van der Waals surface area contributed by atoms with Crippen LogP contribution < -0.4 is 10.6 Å². The molecule has 2 heterocycles. The van der Waals surface area contributed by atoms with Crippen LogP contribution >= 0.6 is 0 Å². The third kappa shape index (κ3) is 4.28. The molecule has 1 fully saturated rings. The van der Waals surface area contributed by atoms with Gasteiger partial charge in [-0.1, -0.05) is 35.5 Å². The van der Waals surface area contributed by atoms with E-state index in [-0.39, 0.29) is 11.9 Å². The normalized spacial score (nSPS) is 17.7. The highest BCUT2D eigenvalue weighted by molar-refractivity contribution is 5.93. The molecule has 7 nitrogen and oxygen atoms in total. The summed E-state index contributed by atoms with van der Waals surface area (Å²) in [4.78, 5) is 12.6. The molecule has 3 N–H and O–H groups in total. The average Bonchev–Trinajstić information content (AvgIpc) is 3.04. The van der Waals surface area contributed by atoms with E-state index < -0.39 is 6.10 Å².